The van der Waals surface area contributed by atoms with Gasteiger partial charge in [0.05, 0.1) is 30.5 Å². The molecule has 0 spiro atoms. The molecule has 0 unspecified atom stereocenters. The highest BCUT2D eigenvalue weighted by atomic mass is 16.4. The normalized spacial score (nSPS) is 12.2. The lowest BCUT2D eigenvalue weighted by molar-refractivity contribution is -0.136. The molecule has 8 heteroatoms. The molecule has 2 heterocycles. The van der Waals surface area contributed by atoms with Crippen molar-refractivity contribution in [3.05, 3.63) is 71.7 Å². The fourth-order valence-corrected chi connectivity index (χ4v) is 3.51. The van der Waals surface area contributed by atoms with E-state index in [9.17, 15) is 9.59 Å². The quantitative estimate of drug-likeness (QED) is 0.401. The number of hydrogen-bond donors (Lipinski definition) is 3. The standard InChI is InChI=1S/C26H33N5O3/c1-5-6-22(18-7-9-19(10-8-18)25(34)27-14-13-24(32)33)30-21-11-12-23(28-16-21)31-17-20(15-29-31)26(2,3)4/h7-12,15-17,22,30H,5-6,13-14H2,1-4H3,(H,27,34)(H,32,33)/t22-/m1/s1. The predicted octanol–water partition coefficient (Wildman–Crippen LogP) is 4.72. The number of aliphatic carboxylic acids is 1. The number of rotatable bonds is 10. The Morgan fingerprint density at radius 3 is 2.38 bits per heavy atom. The summed E-state index contributed by atoms with van der Waals surface area (Å²) in [5.74, 6) is -0.460. The number of carboxylic acids is 1. The SMILES string of the molecule is CCC[C@@H](Nc1ccc(-n2cc(C(C)(C)C)cn2)nc1)c1ccc(C(=O)NCCC(=O)O)cc1. The van der Waals surface area contributed by atoms with E-state index in [2.05, 4.69) is 48.4 Å². The van der Waals surface area contributed by atoms with Crippen LogP contribution in [0.15, 0.2) is 55.0 Å². The molecule has 3 rings (SSSR count). The number of benzene rings is 1. The van der Waals surface area contributed by atoms with E-state index in [-0.39, 0.29) is 30.3 Å². The molecule has 0 aliphatic heterocycles. The van der Waals surface area contributed by atoms with Crippen molar-refractivity contribution in [3.63, 3.8) is 0 Å². The maximum absolute atomic E-state index is 12.2. The third-order valence-electron chi connectivity index (χ3n) is 5.55. The Morgan fingerprint density at radius 1 is 1.09 bits per heavy atom. The van der Waals surface area contributed by atoms with Crippen LogP contribution in [0.5, 0.6) is 0 Å². The van der Waals surface area contributed by atoms with Gasteiger partial charge in [-0.05, 0) is 47.2 Å². The van der Waals surface area contributed by atoms with Crippen LogP contribution in [-0.4, -0.2) is 38.3 Å². The van der Waals surface area contributed by atoms with Gasteiger partial charge >= 0.3 is 5.97 Å². The molecule has 34 heavy (non-hydrogen) atoms. The number of nitrogens with one attached hydrogen (secondary N) is 2. The largest absolute Gasteiger partial charge is 0.481 e. The van der Waals surface area contributed by atoms with Crippen LogP contribution < -0.4 is 10.6 Å². The van der Waals surface area contributed by atoms with Gasteiger partial charge in [0.25, 0.3) is 5.91 Å². The number of pyridine rings is 1. The van der Waals surface area contributed by atoms with Crippen molar-refractivity contribution in [1.82, 2.24) is 20.1 Å². The number of amides is 1. The number of carbonyl (C=O) groups excluding carboxylic acids is 1. The molecule has 0 bridgehead atoms. The van der Waals surface area contributed by atoms with E-state index in [4.69, 9.17) is 5.11 Å². The Morgan fingerprint density at radius 2 is 1.82 bits per heavy atom. The summed E-state index contributed by atoms with van der Waals surface area (Å²) >= 11 is 0. The van der Waals surface area contributed by atoms with Crippen LogP contribution in [0.25, 0.3) is 5.82 Å². The van der Waals surface area contributed by atoms with Gasteiger partial charge in [0.1, 0.15) is 0 Å². The third-order valence-corrected chi connectivity index (χ3v) is 5.55. The Hall–Kier alpha value is -3.68. The molecule has 1 atom stereocenters. The van der Waals surface area contributed by atoms with E-state index < -0.39 is 5.97 Å². The summed E-state index contributed by atoms with van der Waals surface area (Å²) in [4.78, 5) is 27.4. The van der Waals surface area contributed by atoms with Gasteiger partial charge in [0.2, 0.25) is 0 Å². The molecule has 0 aliphatic carbocycles. The first-order chi connectivity index (χ1) is 16.2. The highest BCUT2D eigenvalue weighted by Gasteiger charge is 2.17. The lowest BCUT2D eigenvalue weighted by Crippen LogP contribution is -2.26. The fourth-order valence-electron chi connectivity index (χ4n) is 3.51. The van der Waals surface area contributed by atoms with Gasteiger partial charge in [-0.1, -0.05) is 46.2 Å². The van der Waals surface area contributed by atoms with Crippen LogP contribution in [0.3, 0.4) is 0 Å². The highest BCUT2D eigenvalue weighted by molar-refractivity contribution is 5.94. The van der Waals surface area contributed by atoms with E-state index in [1.165, 1.54) is 0 Å². The van der Waals surface area contributed by atoms with Crippen molar-refractivity contribution in [3.8, 4) is 5.82 Å². The Bertz CT molecular complexity index is 1100. The second-order valence-corrected chi connectivity index (χ2v) is 9.34. The molecule has 0 radical (unpaired) electrons. The zero-order valence-electron chi connectivity index (χ0n) is 20.2. The minimum Gasteiger partial charge on any atom is -0.481 e. The van der Waals surface area contributed by atoms with Crippen molar-refractivity contribution in [2.24, 2.45) is 0 Å². The van der Waals surface area contributed by atoms with Gasteiger partial charge in [0, 0.05) is 18.3 Å². The first-order valence-corrected chi connectivity index (χ1v) is 11.6. The zero-order chi connectivity index (χ0) is 24.7. The van der Waals surface area contributed by atoms with E-state index in [1.54, 1.807) is 23.0 Å². The number of anilines is 1. The van der Waals surface area contributed by atoms with E-state index >= 15 is 0 Å². The zero-order valence-corrected chi connectivity index (χ0v) is 20.2. The van der Waals surface area contributed by atoms with Crippen LogP contribution in [-0.2, 0) is 10.2 Å². The molecule has 0 saturated carbocycles. The molecule has 0 fully saturated rings. The average Bonchev–Trinajstić information content (AvgIpc) is 3.30. The monoisotopic (exact) mass is 463 g/mol. The first kappa shape index (κ1) is 25.0. The Labute approximate surface area is 200 Å². The summed E-state index contributed by atoms with van der Waals surface area (Å²) in [7, 11) is 0. The lowest BCUT2D eigenvalue weighted by Gasteiger charge is -2.20. The number of carboxylic acid groups (broad SMARTS) is 1. The van der Waals surface area contributed by atoms with Crippen LogP contribution >= 0.6 is 0 Å². The summed E-state index contributed by atoms with van der Waals surface area (Å²) in [6.07, 6.45) is 7.50. The molecule has 1 aromatic carbocycles. The molecular weight excluding hydrogens is 430 g/mol. The minimum absolute atomic E-state index is 0.0296. The number of nitrogens with zero attached hydrogens (tertiary/aromatic N) is 3. The highest BCUT2D eigenvalue weighted by Crippen LogP contribution is 2.25. The van der Waals surface area contributed by atoms with Crippen LogP contribution in [0.1, 0.15) is 74.5 Å². The lowest BCUT2D eigenvalue weighted by atomic mass is 9.90. The van der Waals surface area contributed by atoms with Crippen LogP contribution in [0, 0.1) is 0 Å². The summed E-state index contributed by atoms with van der Waals surface area (Å²) in [6, 6.07) is 11.4. The second kappa shape index (κ2) is 11.0. The summed E-state index contributed by atoms with van der Waals surface area (Å²) < 4.78 is 1.79. The van der Waals surface area contributed by atoms with Gasteiger partial charge in [-0.15, -0.1) is 0 Å². The molecular formula is C26H33N5O3. The maximum Gasteiger partial charge on any atom is 0.305 e. The van der Waals surface area contributed by atoms with Crippen LogP contribution in [0.2, 0.25) is 0 Å². The Kier molecular flexibility index (Phi) is 8.04. The molecule has 0 saturated heterocycles. The average molecular weight is 464 g/mol. The van der Waals surface area contributed by atoms with Gasteiger partial charge in [-0.25, -0.2) is 9.67 Å². The first-order valence-electron chi connectivity index (χ1n) is 11.6. The maximum atomic E-state index is 12.2. The van der Waals surface area contributed by atoms with Gasteiger partial charge in [-0.3, -0.25) is 9.59 Å². The molecule has 3 aromatic rings. The molecule has 0 aliphatic rings. The van der Waals surface area contributed by atoms with Crippen molar-refractivity contribution in [2.45, 2.75) is 58.4 Å². The summed E-state index contributed by atoms with van der Waals surface area (Å²) in [6.45, 7) is 8.70. The number of carbonyl (C=O) groups is 2. The summed E-state index contributed by atoms with van der Waals surface area (Å²) in [5, 5.41) is 19.3. The predicted molar refractivity (Wildman–Crippen MR) is 132 cm³/mol. The van der Waals surface area contributed by atoms with E-state index in [0.29, 0.717) is 5.56 Å². The van der Waals surface area contributed by atoms with Crippen molar-refractivity contribution < 1.29 is 14.7 Å². The molecule has 8 nitrogen and oxygen atoms in total. The van der Waals surface area contributed by atoms with Gasteiger partial charge in [-0.2, -0.15) is 5.10 Å². The van der Waals surface area contributed by atoms with Gasteiger partial charge < -0.3 is 15.7 Å². The van der Waals surface area contributed by atoms with Crippen molar-refractivity contribution in [2.75, 3.05) is 11.9 Å². The molecule has 1 amide bonds. The van der Waals surface area contributed by atoms with E-state index in [0.717, 1.165) is 35.5 Å². The number of aromatic nitrogens is 3. The Balaban J connectivity index is 1.67. The van der Waals surface area contributed by atoms with Gasteiger partial charge in [0.15, 0.2) is 5.82 Å². The topological polar surface area (TPSA) is 109 Å². The number of hydrogen-bond acceptors (Lipinski definition) is 5. The molecule has 3 N–H and O–H groups in total. The van der Waals surface area contributed by atoms with E-state index in [1.807, 2.05) is 36.7 Å². The van der Waals surface area contributed by atoms with Crippen molar-refractivity contribution >= 4 is 17.6 Å². The summed E-state index contributed by atoms with van der Waals surface area (Å²) in [5.41, 5.74) is 3.65. The van der Waals surface area contributed by atoms with Crippen LogP contribution in [0.4, 0.5) is 5.69 Å². The van der Waals surface area contributed by atoms with Crippen molar-refractivity contribution in [1.29, 1.82) is 0 Å². The minimum atomic E-state index is -0.939. The fraction of sp³-hybridized carbons (Fsp3) is 0.385. The molecule has 180 valence electrons. The smallest absolute Gasteiger partial charge is 0.305 e. The second-order valence-electron chi connectivity index (χ2n) is 9.34. The third kappa shape index (κ3) is 6.66. The molecule has 2 aromatic heterocycles.